The van der Waals surface area contributed by atoms with Crippen LogP contribution in [-0.2, 0) is 6.42 Å². The van der Waals surface area contributed by atoms with Crippen LogP contribution in [0.3, 0.4) is 0 Å². The van der Waals surface area contributed by atoms with Gasteiger partial charge in [0.2, 0.25) is 0 Å². The molecule has 0 radical (unpaired) electrons. The van der Waals surface area contributed by atoms with Gasteiger partial charge in [0.1, 0.15) is 0 Å². The van der Waals surface area contributed by atoms with Gasteiger partial charge in [0.25, 0.3) is 5.91 Å². The minimum atomic E-state index is -0.0315. The number of carbonyl (C=O) groups excluding carboxylic acids is 1. The standard InChI is InChI=1S/C16H16BrNO/c1-12(11-13-5-3-2-4-6-13)18-16(19)14-7-9-15(17)10-8-14/h2-10,12H,11H2,1H3,(H,18,19)/t12-/m1/s1. The first-order valence-electron chi connectivity index (χ1n) is 6.25. The molecule has 0 aliphatic carbocycles. The van der Waals surface area contributed by atoms with Crippen molar-refractivity contribution in [2.75, 3.05) is 0 Å². The van der Waals surface area contributed by atoms with Crippen LogP contribution in [-0.4, -0.2) is 11.9 Å². The zero-order chi connectivity index (χ0) is 13.7. The fourth-order valence-corrected chi connectivity index (χ4v) is 2.19. The molecule has 0 unspecified atom stereocenters. The molecule has 0 bridgehead atoms. The van der Waals surface area contributed by atoms with Gasteiger partial charge in [0.15, 0.2) is 0 Å². The van der Waals surface area contributed by atoms with Gasteiger partial charge in [-0.05, 0) is 43.2 Å². The summed E-state index contributed by atoms with van der Waals surface area (Å²) in [6.07, 6.45) is 0.836. The molecule has 1 amide bonds. The molecule has 2 aromatic carbocycles. The zero-order valence-electron chi connectivity index (χ0n) is 10.8. The van der Waals surface area contributed by atoms with Gasteiger partial charge in [0, 0.05) is 16.1 Å². The lowest BCUT2D eigenvalue weighted by Gasteiger charge is -2.14. The first kappa shape index (κ1) is 13.8. The number of hydrogen-bond acceptors (Lipinski definition) is 1. The van der Waals surface area contributed by atoms with Crippen molar-refractivity contribution >= 4 is 21.8 Å². The highest BCUT2D eigenvalue weighted by molar-refractivity contribution is 9.10. The van der Waals surface area contributed by atoms with Gasteiger partial charge in [-0.2, -0.15) is 0 Å². The van der Waals surface area contributed by atoms with Gasteiger partial charge in [0.05, 0.1) is 0 Å². The molecular formula is C16H16BrNO. The average Bonchev–Trinajstić information content (AvgIpc) is 2.40. The molecule has 2 aromatic rings. The molecule has 0 aliphatic heterocycles. The minimum Gasteiger partial charge on any atom is -0.349 e. The van der Waals surface area contributed by atoms with E-state index in [4.69, 9.17) is 0 Å². The SMILES string of the molecule is C[C@H](Cc1ccccc1)NC(=O)c1ccc(Br)cc1. The Morgan fingerprint density at radius 1 is 1.11 bits per heavy atom. The Bertz CT molecular complexity index is 536. The molecular weight excluding hydrogens is 302 g/mol. The molecule has 0 aliphatic rings. The second-order valence-electron chi connectivity index (χ2n) is 4.57. The van der Waals surface area contributed by atoms with Crippen LogP contribution in [0.1, 0.15) is 22.8 Å². The molecule has 3 heteroatoms. The van der Waals surface area contributed by atoms with Gasteiger partial charge < -0.3 is 5.32 Å². The second kappa shape index (κ2) is 6.53. The van der Waals surface area contributed by atoms with Gasteiger partial charge in [-0.1, -0.05) is 46.3 Å². The number of carbonyl (C=O) groups is 1. The van der Waals surface area contributed by atoms with E-state index >= 15 is 0 Å². The molecule has 1 atom stereocenters. The minimum absolute atomic E-state index is 0.0315. The van der Waals surface area contributed by atoms with E-state index in [2.05, 4.69) is 33.4 Å². The summed E-state index contributed by atoms with van der Waals surface area (Å²) in [5.74, 6) is -0.0315. The molecule has 0 spiro atoms. The molecule has 0 saturated heterocycles. The average molecular weight is 318 g/mol. The lowest BCUT2D eigenvalue weighted by atomic mass is 10.1. The number of hydrogen-bond donors (Lipinski definition) is 1. The molecule has 2 nitrogen and oxygen atoms in total. The summed E-state index contributed by atoms with van der Waals surface area (Å²) < 4.78 is 0.974. The summed E-state index contributed by atoms with van der Waals surface area (Å²) in [5, 5.41) is 3.01. The van der Waals surface area contributed by atoms with E-state index in [1.165, 1.54) is 5.56 Å². The van der Waals surface area contributed by atoms with Crippen molar-refractivity contribution < 1.29 is 4.79 Å². The molecule has 0 aromatic heterocycles. The number of rotatable bonds is 4. The van der Waals surface area contributed by atoms with Crippen LogP contribution in [0.5, 0.6) is 0 Å². The summed E-state index contributed by atoms with van der Waals surface area (Å²) in [6, 6.07) is 17.6. The summed E-state index contributed by atoms with van der Waals surface area (Å²) >= 11 is 3.36. The van der Waals surface area contributed by atoms with Crippen LogP contribution in [0.15, 0.2) is 59.1 Å². The highest BCUT2D eigenvalue weighted by Crippen LogP contribution is 2.11. The topological polar surface area (TPSA) is 29.1 Å². The lowest BCUT2D eigenvalue weighted by Crippen LogP contribution is -2.34. The van der Waals surface area contributed by atoms with Gasteiger partial charge in [-0.25, -0.2) is 0 Å². The fourth-order valence-electron chi connectivity index (χ4n) is 1.93. The van der Waals surface area contributed by atoms with Crippen LogP contribution in [0.2, 0.25) is 0 Å². The van der Waals surface area contributed by atoms with E-state index in [1.54, 1.807) is 0 Å². The van der Waals surface area contributed by atoms with Crippen molar-refractivity contribution in [2.45, 2.75) is 19.4 Å². The predicted molar refractivity (Wildman–Crippen MR) is 81.2 cm³/mol. The van der Waals surface area contributed by atoms with Gasteiger partial charge in [-0.15, -0.1) is 0 Å². The van der Waals surface area contributed by atoms with Crippen LogP contribution < -0.4 is 5.32 Å². The molecule has 0 saturated carbocycles. The molecule has 0 fully saturated rings. The van der Waals surface area contributed by atoms with Gasteiger partial charge in [-0.3, -0.25) is 4.79 Å². The van der Waals surface area contributed by atoms with Crippen LogP contribution in [0.4, 0.5) is 0 Å². The third-order valence-corrected chi connectivity index (χ3v) is 3.40. The molecule has 98 valence electrons. The largest absolute Gasteiger partial charge is 0.349 e. The Morgan fingerprint density at radius 2 is 1.74 bits per heavy atom. The third kappa shape index (κ3) is 4.21. The fraction of sp³-hybridized carbons (Fsp3) is 0.188. The van der Waals surface area contributed by atoms with E-state index in [0.717, 1.165) is 10.9 Å². The first-order chi connectivity index (χ1) is 9.15. The van der Waals surface area contributed by atoms with Crippen molar-refractivity contribution in [1.82, 2.24) is 5.32 Å². The van der Waals surface area contributed by atoms with Crippen molar-refractivity contribution in [2.24, 2.45) is 0 Å². The number of amides is 1. The van der Waals surface area contributed by atoms with Crippen molar-refractivity contribution in [3.8, 4) is 0 Å². The Morgan fingerprint density at radius 3 is 2.37 bits per heavy atom. The molecule has 0 heterocycles. The van der Waals surface area contributed by atoms with Crippen LogP contribution in [0.25, 0.3) is 0 Å². The summed E-state index contributed by atoms with van der Waals surface area (Å²) in [4.78, 5) is 12.0. The Labute approximate surface area is 122 Å². The van der Waals surface area contributed by atoms with E-state index in [9.17, 15) is 4.79 Å². The van der Waals surface area contributed by atoms with Crippen molar-refractivity contribution in [3.05, 3.63) is 70.2 Å². The quantitative estimate of drug-likeness (QED) is 0.912. The third-order valence-electron chi connectivity index (χ3n) is 2.87. The van der Waals surface area contributed by atoms with E-state index in [-0.39, 0.29) is 11.9 Å². The van der Waals surface area contributed by atoms with Crippen molar-refractivity contribution in [3.63, 3.8) is 0 Å². The first-order valence-corrected chi connectivity index (χ1v) is 7.05. The van der Waals surface area contributed by atoms with Crippen molar-refractivity contribution in [1.29, 1.82) is 0 Å². The second-order valence-corrected chi connectivity index (χ2v) is 5.49. The number of halogens is 1. The number of nitrogens with one attached hydrogen (secondary N) is 1. The monoisotopic (exact) mass is 317 g/mol. The molecule has 1 N–H and O–H groups in total. The van der Waals surface area contributed by atoms with Gasteiger partial charge >= 0.3 is 0 Å². The summed E-state index contributed by atoms with van der Waals surface area (Å²) in [7, 11) is 0. The Kier molecular flexibility index (Phi) is 4.74. The zero-order valence-corrected chi connectivity index (χ0v) is 12.4. The smallest absolute Gasteiger partial charge is 0.251 e. The Balaban J connectivity index is 1.93. The molecule has 19 heavy (non-hydrogen) atoms. The summed E-state index contributed by atoms with van der Waals surface area (Å²) in [6.45, 7) is 2.02. The lowest BCUT2D eigenvalue weighted by molar-refractivity contribution is 0.0940. The number of benzene rings is 2. The maximum Gasteiger partial charge on any atom is 0.251 e. The van der Waals surface area contributed by atoms with E-state index < -0.39 is 0 Å². The van der Waals surface area contributed by atoms with E-state index in [1.807, 2.05) is 49.4 Å². The highest BCUT2D eigenvalue weighted by Gasteiger charge is 2.09. The van der Waals surface area contributed by atoms with Crippen LogP contribution in [0, 0.1) is 0 Å². The van der Waals surface area contributed by atoms with Crippen LogP contribution >= 0.6 is 15.9 Å². The predicted octanol–water partition coefficient (Wildman–Crippen LogP) is 3.81. The maximum absolute atomic E-state index is 12.0. The summed E-state index contributed by atoms with van der Waals surface area (Å²) in [5.41, 5.74) is 1.91. The maximum atomic E-state index is 12.0. The van der Waals surface area contributed by atoms with E-state index in [0.29, 0.717) is 5.56 Å². The molecule has 2 rings (SSSR count). The Hall–Kier alpha value is -1.61. The highest BCUT2D eigenvalue weighted by atomic mass is 79.9. The normalized spacial score (nSPS) is 11.9.